The summed E-state index contributed by atoms with van der Waals surface area (Å²) in [5, 5.41) is 51.2. The van der Waals surface area contributed by atoms with Gasteiger partial charge in [-0.15, -0.1) is 0 Å². The quantitative estimate of drug-likeness (QED) is 0.0177. The average Bonchev–Trinajstić information content (AvgIpc) is 1.11. The van der Waals surface area contributed by atoms with E-state index in [4.69, 9.17) is 33.4 Å². The fourth-order valence-corrected chi connectivity index (χ4v) is 17.6. The molecule has 0 saturated carbocycles. The van der Waals surface area contributed by atoms with Crippen LogP contribution >= 0.6 is 21.6 Å². The van der Waals surface area contributed by atoms with Crippen LogP contribution in [0.2, 0.25) is 0 Å². The van der Waals surface area contributed by atoms with E-state index < -0.39 is 189 Å². The molecule has 0 spiro atoms. The third-order valence-corrected chi connectivity index (χ3v) is 26.4. The number of para-hydroxylation sites is 1. The summed E-state index contributed by atoms with van der Waals surface area (Å²) in [5.41, 5.74) is 29.7. The summed E-state index contributed by atoms with van der Waals surface area (Å²) < 4.78 is 2.59. The van der Waals surface area contributed by atoms with Gasteiger partial charge in [0.25, 0.3) is 0 Å². The highest BCUT2D eigenvalue weighted by Gasteiger charge is 2.47. The van der Waals surface area contributed by atoms with E-state index in [-0.39, 0.29) is 122 Å². The number of primary amides is 2. The maximum atomic E-state index is 16.4. The van der Waals surface area contributed by atoms with Crippen LogP contribution in [-0.2, 0) is 101 Å². The van der Waals surface area contributed by atoms with E-state index in [1.54, 1.807) is 66.9 Å². The Morgan fingerprint density at radius 2 is 1.10 bits per heavy atom. The number of unbranched alkanes of at least 4 members (excludes halogenated alkanes) is 4. The minimum atomic E-state index is -2.02. The molecular formula is C90H132N20O19S2. The number of fused-ring (bicyclic) bond motifs is 2. The van der Waals surface area contributed by atoms with E-state index in [1.165, 1.54) is 55.4 Å². The summed E-state index contributed by atoms with van der Waals surface area (Å²) in [5.74, 6) is -15.0. The van der Waals surface area contributed by atoms with Crippen molar-refractivity contribution in [1.29, 1.82) is 0 Å². The van der Waals surface area contributed by atoms with Crippen molar-refractivity contribution in [3.63, 3.8) is 0 Å². The number of hydrogen-bond donors (Lipinski definition) is 21. The number of hydrogen-bond acceptors (Lipinski definition) is 24. The molecule has 0 bridgehead atoms. The molecule has 1 aliphatic rings. The second kappa shape index (κ2) is 52.3. The van der Waals surface area contributed by atoms with Crippen LogP contribution in [0.4, 0.5) is 0 Å². The number of H-pyrrole nitrogens is 1. The number of carbonyl (C=O) groups is 17. The lowest BCUT2D eigenvalue weighted by Gasteiger charge is -2.39. The lowest BCUT2D eigenvalue weighted by molar-refractivity contribution is -0.138. The molecule has 41 heteroatoms. The zero-order chi connectivity index (χ0) is 97.0. The third-order valence-electron chi connectivity index (χ3n) is 22.1. The summed E-state index contributed by atoms with van der Waals surface area (Å²) in [7, 11) is 1.82. The molecule has 2 heterocycles. The van der Waals surface area contributed by atoms with E-state index in [0.717, 1.165) is 51.8 Å². The first-order chi connectivity index (χ1) is 61.9. The zero-order valence-corrected chi connectivity index (χ0v) is 78.0. The Labute approximate surface area is 770 Å². The summed E-state index contributed by atoms with van der Waals surface area (Å²) >= 11 is 0. The molecule has 718 valence electrons. The molecule has 4 aromatic carbocycles. The van der Waals surface area contributed by atoms with E-state index in [1.807, 2.05) is 31.2 Å². The van der Waals surface area contributed by atoms with Gasteiger partial charge in [-0.1, -0.05) is 94.4 Å². The van der Waals surface area contributed by atoms with Gasteiger partial charge in [0.05, 0.1) is 25.0 Å². The summed E-state index contributed by atoms with van der Waals surface area (Å²) in [4.78, 5) is 247. The van der Waals surface area contributed by atoms with Crippen LogP contribution in [0.5, 0.6) is 5.75 Å². The number of aryl methyl sites for hydroxylation is 1. The van der Waals surface area contributed by atoms with Crippen LogP contribution in [0.25, 0.3) is 21.7 Å². The van der Waals surface area contributed by atoms with Crippen LogP contribution in [-0.4, -0.2) is 237 Å². The van der Waals surface area contributed by atoms with Crippen molar-refractivity contribution >= 4 is 144 Å². The van der Waals surface area contributed by atoms with Crippen LogP contribution < -0.4 is 108 Å². The van der Waals surface area contributed by atoms with Crippen molar-refractivity contribution in [2.75, 3.05) is 39.3 Å². The molecule has 1 aromatic heterocycles. The Hall–Kier alpha value is -11.8. The molecule has 1 fully saturated rings. The molecule has 0 radical (unpaired) electrons. The van der Waals surface area contributed by atoms with Crippen molar-refractivity contribution in [2.24, 2.45) is 28.7 Å². The number of ketones is 1. The first-order valence-corrected chi connectivity index (χ1v) is 46.1. The van der Waals surface area contributed by atoms with Gasteiger partial charge in [-0.2, -0.15) is 0 Å². The summed E-state index contributed by atoms with van der Waals surface area (Å²) in [6.07, 6.45) is -0.894. The number of Topliss-reactive ketones (excluding diaryl/α,β-unsaturated/α-hetero) is 1. The molecule has 5 aromatic rings. The molecule has 39 nitrogen and oxygen atoms in total. The number of aromatic nitrogens is 1. The molecule has 0 aliphatic carbocycles. The van der Waals surface area contributed by atoms with Crippen LogP contribution in [0.1, 0.15) is 181 Å². The molecule has 13 atom stereocenters. The van der Waals surface area contributed by atoms with Gasteiger partial charge in [0, 0.05) is 86.3 Å². The first-order valence-electron chi connectivity index (χ1n) is 44.0. The molecule has 0 unspecified atom stereocenters. The molecule has 6 rings (SSSR count). The van der Waals surface area contributed by atoms with Gasteiger partial charge < -0.3 is 118 Å². The van der Waals surface area contributed by atoms with Crippen LogP contribution in [0.15, 0.2) is 91.1 Å². The number of nitrogens with two attached hydrogens (primary N) is 5. The monoisotopic (exact) mass is 1860 g/mol. The Bertz CT molecular complexity index is 4840. The Kier molecular flexibility index (Phi) is 43.1. The van der Waals surface area contributed by atoms with Crippen molar-refractivity contribution in [2.45, 2.75) is 273 Å². The first kappa shape index (κ1) is 108. The number of amides is 16. The number of aromatic amines is 1. The van der Waals surface area contributed by atoms with E-state index >= 15 is 28.8 Å². The van der Waals surface area contributed by atoms with Gasteiger partial charge in [-0.05, 0) is 191 Å². The fraction of sp³-hybridized carbons (Fsp3) is 0.544. The Morgan fingerprint density at radius 3 is 1.73 bits per heavy atom. The maximum absolute atomic E-state index is 16.4. The maximum Gasteiger partial charge on any atom is 0.246 e. The topological polar surface area (TPSA) is 634 Å². The number of nitrogens with one attached hydrogen (secondary N) is 15. The fourth-order valence-electron chi connectivity index (χ4n) is 14.7. The van der Waals surface area contributed by atoms with E-state index in [9.17, 15) is 57.8 Å². The van der Waals surface area contributed by atoms with Crippen LogP contribution in [0, 0.1) is 6.92 Å². The lowest BCUT2D eigenvalue weighted by atomic mass is 9.91. The minimum Gasteiger partial charge on any atom is -0.492 e. The van der Waals surface area contributed by atoms with Crippen LogP contribution in [0.3, 0.4) is 0 Å². The zero-order valence-electron chi connectivity index (χ0n) is 76.4. The van der Waals surface area contributed by atoms with E-state index in [0.29, 0.717) is 59.2 Å². The average molecular weight is 1860 g/mol. The Balaban J connectivity index is 1.54. The number of aliphatic hydroxyl groups is 1. The molecule has 131 heavy (non-hydrogen) atoms. The summed E-state index contributed by atoms with van der Waals surface area (Å²) in [6.45, 7) is 16.5. The van der Waals surface area contributed by atoms with Crippen molar-refractivity contribution in [3.05, 3.63) is 113 Å². The van der Waals surface area contributed by atoms with Gasteiger partial charge in [0.1, 0.15) is 78.3 Å². The second-order valence-corrected chi connectivity index (χ2v) is 37.7. The third kappa shape index (κ3) is 34.8. The second-order valence-electron chi connectivity index (χ2n) is 34.3. The minimum absolute atomic E-state index is 0.110. The predicted molar refractivity (Wildman–Crippen MR) is 497 cm³/mol. The number of carbonyl (C=O) groups excluding carboxylic acids is 17. The van der Waals surface area contributed by atoms with Gasteiger partial charge in [0.2, 0.25) is 94.5 Å². The SMILES string of the molecule is CC(=O)NCCCC[C@@H]1NC(=O)[C@H](Cc2c[nH]c3c(C)cccc23)NC(=O)[C@H]([C@@H](C)O)NC(=O)[C@H](CC(N)=O)NC(=O)[C@@H](NC(C)=O)C(C)(C)SSC(C)(C)[C@@H](C(=O)N[C@@H](Cc2ccc(OCCN)cc2)C(=O)N[C@@H](Cc2ccc3ccccc3c2)C(=O)N[C@@](C)(CCCCN)C(=O)N[C@@H](CCCCNC(C)=O)C(=O)N[C@@H](CC(N)=O)C(=O)N[C@H](CCCCN)C(C)=O)NC1=O. The Morgan fingerprint density at radius 1 is 0.542 bits per heavy atom. The van der Waals surface area contributed by atoms with Crippen molar-refractivity contribution in [3.8, 4) is 5.75 Å². The highest BCUT2D eigenvalue weighted by atomic mass is 33.1. The predicted octanol–water partition coefficient (Wildman–Crippen LogP) is -0.234. The van der Waals surface area contributed by atoms with Gasteiger partial charge in [-0.25, -0.2) is 0 Å². The largest absolute Gasteiger partial charge is 0.492 e. The molecule has 1 saturated heterocycles. The highest BCUT2D eigenvalue weighted by Crippen LogP contribution is 2.47. The molecule has 16 amide bonds. The number of ether oxygens (including phenoxy) is 1. The standard InChI is InChI=1S/C90H132N20O19S2/c1-50-23-22-26-62-60(49-98-73(50)62)46-68-80(121)101-64(28-15-20-40-96-53(4)113)78(119)109-76(89(9,10)131-130-88(7,8)75(99-55(6)115)85(126)106-70(48-72(95)117)82(123)108-74(52(3)112)84(125)104-68)86(127)105-66(44-56-31-34-61(35-32-56)129-42-39-93)79(120)102-67(45-57-30-33-58-24-12-13-25-59(58)43-57)83(124)110-90(11,36-17-19-38-92)87(128)107-65(29-16-21-41-97-54(5)114)77(118)103-69(47-71(94)116)81(122)100-63(51(2)111)27-14-18-37-91/h12-13,22-26,30-35,43,49,52,63-70,74-76,98,112H,14-21,27-29,36-42,44-48,91-93H2,1-11H3,(H2,94,116)(H2,95,117)(H,96,113)(H,97,114)(H,99,115)(H,100,122)(H,101,121)(H,102,120)(H,103,118)(H,104,125)(H,105,127)(H,106,126)(H,107,128)(H,108,123)(H,109,119)(H,110,124)/t52-,63-,64+,65+,66+,67+,68+,69+,70+,74+,75-,76-,90+/m1/s1. The van der Waals surface area contributed by atoms with Crippen molar-refractivity contribution in [1.82, 2.24) is 79.4 Å². The van der Waals surface area contributed by atoms with Crippen molar-refractivity contribution < 1.29 is 91.4 Å². The number of aliphatic hydroxyl groups excluding tert-OH is 1. The molecule has 1 aliphatic heterocycles. The number of benzene rings is 4. The van der Waals surface area contributed by atoms with Gasteiger partial charge in [0.15, 0.2) is 5.78 Å². The normalized spacial score (nSPS) is 19.2. The van der Waals surface area contributed by atoms with E-state index in [2.05, 4.69) is 79.4 Å². The molecular weight excluding hydrogens is 1730 g/mol. The number of rotatable bonds is 46. The lowest BCUT2D eigenvalue weighted by Crippen LogP contribution is -2.65. The highest BCUT2D eigenvalue weighted by molar-refractivity contribution is 8.77. The summed E-state index contributed by atoms with van der Waals surface area (Å²) in [6, 6.07) is 6.09. The molecule has 26 N–H and O–H groups in total. The smallest absolute Gasteiger partial charge is 0.246 e. The van der Waals surface area contributed by atoms with Gasteiger partial charge >= 0.3 is 0 Å². The van der Waals surface area contributed by atoms with Gasteiger partial charge in [-0.3, -0.25) is 81.5 Å².